The van der Waals surface area contributed by atoms with Gasteiger partial charge >= 0.3 is 0 Å². The van der Waals surface area contributed by atoms with E-state index in [9.17, 15) is 14.4 Å². The molecule has 0 atom stereocenters. The number of para-hydroxylation sites is 1. The summed E-state index contributed by atoms with van der Waals surface area (Å²) in [6.45, 7) is 1.54. The van der Waals surface area contributed by atoms with Crippen molar-refractivity contribution in [2.75, 3.05) is 20.3 Å². The van der Waals surface area contributed by atoms with Gasteiger partial charge in [-0.2, -0.15) is 5.26 Å². The normalized spacial score (nSPS) is 11.4. The molecule has 3 rings (SSSR count). The van der Waals surface area contributed by atoms with Crippen LogP contribution in [0.4, 0.5) is 4.39 Å². The summed E-state index contributed by atoms with van der Waals surface area (Å²) in [5, 5.41) is 13.1. The van der Waals surface area contributed by atoms with Gasteiger partial charge in [0.1, 0.15) is 17.5 Å². The van der Waals surface area contributed by atoms with Crippen LogP contribution in [-0.4, -0.2) is 30.7 Å². The molecule has 1 heterocycles. The number of benzene rings is 2. The Balaban J connectivity index is 1.88. The Labute approximate surface area is 169 Å². The van der Waals surface area contributed by atoms with Gasteiger partial charge in [0.05, 0.1) is 0 Å². The molecule has 0 saturated carbocycles. The average molecular weight is 391 g/mol. The number of halogens is 1. The zero-order valence-electron chi connectivity index (χ0n) is 16.2. The van der Waals surface area contributed by atoms with E-state index in [0.717, 1.165) is 22.0 Å². The van der Waals surface area contributed by atoms with Gasteiger partial charge in [-0.1, -0.05) is 30.3 Å². The molecule has 1 amide bonds. The minimum absolute atomic E-state index is 0.0482. The third-order valence-electron chi connectivity index (χ3n) is 4.56. The van der Waals surface area contributed by atoms with Crippen LogP contribution in [0.2, 0.25) is 0 Å². The highest BCUT2D eigenvalue weighted by Crippen LogP contribution is 2.24. The second-order valence-corrected chi connectivity index (χ2v) is 6.63. The summed E-state index contributed by atoms with van der Waals surface area (Å²) in [4.78, 5) is 12.3. The number of rotatable bonds is 8. The molecule has 1 N–H and O–H groups in total. The van der Waals surface area contributed by atoms with Gasteiger partial charge in [-0.3, -0.25) is 4.79 Å². The lowest BCUT2D eigenvalue weighted by Gasteiger charge is -2.05. The molecule has 0 aliphatic carbocycles. The zero-order valence-corrected chi connectivity index (χ0v) is 16.2. The van der Waals surface area contributed by atoms with Gasteiger partial charge in [0.15, 0.2) is 0 Å². The summed E-state index contributed by atoms with van der Waals surface area (Å²) in [6.07, 6.45) is 4.19. The van der Waals surface area contributed by atoms with E-state index in [2.05, 4.69) is 5.32 Å². The highest BCUT2D eigenvalue weighted by Gasteiger charge is 2.12. The lowest BCUT2D eigenvalue weighted by atomic mass is 10.1. The highest BCUT2D eigenvalue weighted by atomic mass is 19.1. The molecular weight excluding hydrogens is 369 g/mol. The Morgan fingerprint density at radius 1 is 1.24 bits per heavy atom. The number of nitrogens with zero attached hydrogens (tertiary/aromatic N) is 2. The van der Waals surface area contributed by atoms with Crippen LogP contribution in [-0.2, 0) is 16.1 Å². The first kappa shape index (κ1) is 20.3. The summed E-state index contributed by atoms with van der Waals surface area (Å²) in [5.41, 5.74) is 2.76. The number of carbonyl (C=O) groups excluding carboxylic acids is 1. The highest BCUT2D eigenvalue weighted by molar-refractivity contribution is 6.04. The van der Waals surface area contributed by atoms with Crippen LogP contribution in [0.15, 0.2) is 60.3 Å². The number of hydrogen-bond donors (Lipinski definition) is 1. The number of methoxy groups -OCH3 is 1. The molecule has 29 heavy (non-hydrogen) atoms. The molecule has 0 unspecified atom stereocenters. The van der Waals surface area contributed by atoms with E-state index in [-0.39, 0.29) is 11.4 Å². The van der Waals surface area contributed by atoms with Crippen molar-refractivity contribution in [1.29, 1.82) is 5.26 Å². The predicted octanol–water partition coefficient (Wildman–Crippen LogP) is 3.89. The van der Waals surface area contributed by atoms with Gasteiger partial charge < -0.3 is 14.6 Å². The van der Waals surface area contributed by atoms with Crippen molar-refractivity contribution in [2.24, 2.45) is 0 Å². The van der Waals surface area contributed by atoms with Gasteiger partial charge in [-0.15, -0.1) is 0 Å². The van der Waals surface area contributed by atoms with Crippen molar-refractivity contribution >= 4 is 22.9 Å². The van der Waals surface area contributed by atoms with Gasteiger partial charge in [-0.05, 0) is 36.3 Å². The lowest BCUT2D eigenvalue weighted by Crippen LogP contribution is -2.26. The largest absolute Gasteiger partial charge is 0.385 e. The Bertz CT molecular complexity index is 1060. The standard InChI is InChI=1S/C23H22FN3O2/c1-29-12-4-11-26-23(28)18(14-25)13-19-16-27(22-6-3-2-5-21(19)22)15-17-7-9-20(24)10-8-17/h2-3,5-10,13,16H,4,11-12,15H2,1H3,(H,26,28)/b18-13+. The number of carbonyl (C=O) groups is 1. The third kappa shape index (κ3) is 5.09. The molecule has 6 heteroatoms. The molecule has 0 saturated heterocycles. The molecule has 0 radical (unpaired) electrons. The quantitative estimate of drug-likeness (QED) is 0.360. The topological polar surface area (TPSA) is 67.0 Å². The van der Waals surface area contributed by atoms with Crippen LogP contribution in [0, 0.1) is 17.1 Å². The summed E-state index contributed by atoms with van der Waals surface area (Å²) < 4.78 is 20.2. The number of nitriles is 1. The molecule has 5 nitrogen and oxygen atoms in total. The van der Waals surface area contributed by atoms with Gasteiger partial charge in [-0.25, -0.2) is 4.39 Å². The predicted molar refractivity (Wildman–Crippen MR) is 111 cm³/mol. The Hall–Kier alpha value is -3.43. The smallest absolute Gasteiger partial charge is 0.261 e. The molecule has 0 aliphatic rings. The van der Waals surface area contributed by atoms with Crippen molar-refractivity contribution in [1.82, 2.24) is 9.88 Å². The number of fused-ring (bicyclic) bond motifs is 1. The van der Waals surface area contributed by atoms with Gasteiger partial charge in [0, 0.05) is 49.5 Å². The van der Waals surface area contributed by atoms with Crippen LogP contribution >= 0.6 is 0 Å². The second-order valence-electron chi connectivity index (χ2n) is 6.63. The Morgan fingerprint density at radius 3 is 2.72 bits per heavy atom. The van der Waals surface area contributed by atoms with E-state index >= 15 is 0 Å². The maximum atomic E-state index is 13.2. The van der Waals surface area contributed by atoms with Crippen LogP contribution in [0.5, 0.6) is 0 Å². The number of hydrogen-bond acceptors (Lipinski definition) is 3. The molecule has 148 valence electrons. The monoisotopic (exact) mass is 391 g/mol. The minimum Gasteiger partial charge on any atom is -0.385 e. The summed E-state index contributed by atoms with van der Waals surface area (Å²) in [7, 11) is 1.60. The van der Waals surface area contributed by atoms with E-state index in [1.54, 1.807) is 25.3 Å². The summed E-state index contributed by atoms with van der Waals surface area (Å²) in [5.74, 6) is -0.677. The maximum Gasteiger partial charge on any atom is 0.261 e. The molecule has 3 aromatic rings. The fraction of sp³-hybridized carbons (Fsp3) is 0.217. The maximum absolute atomic E-state index is 13.2. The number of aromatic nitrogens is 1. The van der Waals surface area contributed by atoms with E-state index in [4.69, 9.17) is 4.74 Å². The second kappa shape index (κ2) is 9.67. The Kier molecular flexibility index (Phi) is 6.77. The van der Waals surface area contributed by atoms with E-state index in [1.165, 1.54) is 12.1 Å². The van der Waals surface area contributed by atoms with Crippen LogP contribution < -0.4 is 5.32 Å². The van der Waals surface area contributed by atoms with Crippen LogP contribution in [0.1, 0.15) is 17.5 Å². The fourth-order valence-electron chi connectivity index (χ4n) is 3.13. The lowest BCUT2D eigenvalue weighted by molar-refractivity contribution is -0.117. The molecule has 0 spiro atoms. The average Bonchev–Trinajstić information content (AvgIpc) is 3.08. The van der Waals surface area contributed by atoms with Crippen LogP contribution in [0.3, 0.4) is 0 Å². The van der Waals surface area contributed by atoms with Crippen molar-refractivity contribution in [3.05, 3.63) is 77.2 Å². The molecule has 0 aliphatic heterocycles. The number of ether oxygens (including phenoxy) is 1. The molecule has 2 aromatic carbocycles. The van der Waals surface area contributed by atoms with Crippen molar-refractivity contribution in [2.45, 2.75) is 13.0 Å². The number of nitrogens with one attached hydrogen (secondary N) is 1. The zero-order chi connectivity index (χ0) is 20.6. The van der Waals surface area contributed by atoms with E-state index < -0.39 is 5.91 Å². The first-order chi connectivity index (χ1) is 14.1. The Morgan fingerprint density at radius 2 is 2.00 bits per heavy atom. The summed E-state index contributed by atoms with van der Waals surface area (Å²) in [6, 6.07) is 16.1. The van der Waals surface area contributed by atoms with E-state index in [0.29, 0.717) is 26.1 Å². The van der Waals surface area contributed by atoms with Crippen molar-refractivity contribution < 1.29 is 13.9 Å². The molecule has 0 bridgehead atoms. The third-order valence-corrected chi connectivity index (χ3v) is 4.56. The summed E-state index contributed by atoms with van der Waals surface area (Å²) >= 11 is 0. The van der Waals surface area contributed by atoms with Gasteiger partial charge in [0.2, 0.25) is 0 Å². The minimum atomic E-state index is -0.404. The molecule has 1 aromatic heterocycles. The first-order valence-corrected chi connectivity index (χ1v) is 9.33. The molecular formula is C23H22FN3O2. The fourth-order valence-corrected chi connectivity index (χ4v) is 3.13. The van der Waals surface area contributed by atoms with E-state index in [1.807, 2.05) is 41.1 Å². The SMILES string of the molecule is COCCCNC(=O)/C(C#N)=C/c1cn(Cc2ccc(F)cc2)c2ccccc12. The van der Waals surface area contributed by atoms with Crippen molar-refractivity contribution in [3.63, 3.8) is 0 Å². The van der Waals surface area contributed by atoms with Crippen LogP contribution in [0.25, 0.3) is 17.0 Å². The number of amides is 1. The van der Waals surface area contributed by atoms with Gasteiger partial charge in [0.25, 0.3) is 5.91 Å². The van der Waals surface area contributed by atoms with Crippen molar-refractivity contribution in [3.8, 4) is 6.07 Å². The first-order valence-electron chi connectivity index (χ1n) is 9.33. The molecule has 0 fully saturated rings.